The number of aliphatic carboxylic acids is 1. The fraction of sp³-hybridized carbons (Fsp3) is 0.143. The van der Waals surface area contributed by atoms with E-state index in [-0.39, 0.29) is 0 Å². The van der Waals surface area contributed by atoms with Crippen molar-refractivity contribution < 1.29 is 9.90 Å². The maximum Gasteiger partial charge on any atom is 0.382 e. The molecule has 0 saturated heterocycles. The minimum absolute atomic E-state index is 0.353. The van der Waals surface area contributed by atoms with Crippen LogP contribution in [0.15, 0.2) is 6.20 Å². The van der Waals surface area contributed by atoms with Gasteiger partial charge in [-0.3, -0.25) is 4.68 Å². The predicted molar refractivity (Wildman–Crippen MR) is 42.7 cm³/mol. The summed E-state index contributed by atoms with van der Waals surface area (Å²) in [7, 11) is 1.64. The van der Waals surface area contributed by atoms with Crippen LogP contribution in [0, 0.1) is 11.8 Å². The first-order valence-electron chi connectivity index (χ1n) is 3.03. The first kappa shape index (κ1) is 8.62. The van der Waals surface area contributed by atoms with E-state index in [0.717, 1.165) is 0 Å². The second-order valence-electron chi connectivity index (χ2n) is 2.02. The third kappa shape index (κ3) is 1.77. The van der Waals surface area contributed by atoms with Crippen LogP contribution >= 0.6 is 11.6 Å². The fourth-order valence-electron chi connectivity index (χ4n) is 0.664. The second-order valence-corrected chi connectivity index (χ2v) is 2.43. The molecule has 0 atom stereocenters. The van der Waals surface area contributed by atoms with Crippen LogP contribution in [0.5, 0.6) is 0 Å². The van der Waals surface area contributed by atoms with Gasteiger partial charge in [-0.1, -0.05) is 11.6 Å². The number of hydrogen-bond acceptors (Lipinski definition) is 2. The zero-order valence-electron chi connectivity index (χ0n) is 6.21. The summed E-state index contributed by atoms with van der Waals surface area (Å²) in [5, 5.41) is 12.4. The Balaban J connectivity index is 3.05. The molecule has 0 aliphatic rings. The van der Waals surface area contributed by atoms with Crippen molar-refractivity contribution in [2.24, 2.45) is 7.05 Å². The van der Waals surface area contributed by atoms with Crippen molar-refractivity contribution in [3.8, 4) is 11.8 Å². The Morgan fingerprint density at radius 3 is 2.92 bits per heavy atom. The van der Waals surface area contributed by atoms with Gasteiger partial charge in [0.25, 0.3) is 0 Å². The molecule has 12 heavy (non-hydrogen) atoms. The normalized spacial score (nSPS) is 8.83. The molecule has 5 heteroatoms. The highest BCUT2D eigenvalue weighted by atomic mass is 35.5. The van der Waals surface area contributed by atoms with Crippen LogP contribution in [0.3, 0.4) is 0 Å². The molecule has 0 radical (unpaired) electrons. The Bertz CT molecular complexity index is 353. The molecule has 62 valence electrons. The molecule has 1 N–H and O–H groups in total. The van der Waals surface area contributed by atoms with Gasteiger partial charge in [0, 0.05) is 13.0 Å². The lowest BCUT2D eigenvalue weighted by molar-refractivity contribution is -0.130. The van der Waals surface area contributed by atoms with Crippen molar-refractivity contribution in [3.05, 3.63) is 16.9 Å². The molecule has 0 amide bonds. The number of carboxylic acid groups (broad SMARTS) is 1. The van der Waals surface area contributed by atoms with Crippen LogP contribution in [0.4, 0.5) is 0 Å². The summed E-state index contributed by atoms with van der Waals surface area (Å²) in [5.41, 5.74) is 0.402. The Kier molecular flexibility index (Phi) is 2.36. The van der Waals surface area contributed by atoms with Crippen LogP contribution in [0.25, 0.3) is 0 Å². The summed E-state index contributed by atoms with van der Waals surface area (Å²) in [4.78, 5) is 10.1. The van der Waals surface area contributed by atoms with Crippen molar-refractivity contribution in [2.75, 3.05) is 0 Å². The van der Waals surface area contributed by atoms with E-state index in [1.807, 2.05) is 5.92 Å². The van der Waals surface area contributed by atoms with E-state index < -0.39 is 5.97 Å². The highest BCUT2D eigenvalue weighted by Gasteiger charge is 2.01. The molecule has 0 spiro atoms. The number of halogens is 1. The Morgan fingerprint density at radius 2 is 2.50 bits per heavy atom. The molecule has 0 aromatic carbocycles. The van der Waals surface area contributed by atoms with E-state index in [1.54, 1.807) is 7.05 Å². The zero-order chi connectivity index (χ0) is 9.14. The summed E-state index contributed by atoms with van der Waals surface area (Å²) in [6.07, 6.45) is 1.41. The molecular weight excluding hydrogens is 180 g/mol. The number of hydrogen-bond donors (Lipinski definition) is 1. The fourth-order valence-corrected chi connectivity index (χ4v) is 0.877. The van der Waals surface area contributed by atoms with Crippen LogP contribution in [0.2, 0.25) is 5.02 Å². The topological polar surface area (TPSA) is 55.1 Å². The van der Waals surface area contributed by atoms with E-state index in [4.69, 9.17) is 16.7 Å². The molecule has 1 aromatic heterocycles. The number of carbonyl (C=O) groups is 1. The highest BCUT2D eigenvalue weighted by Crippen LogP contribution is 2.11. The third-order valence-electron chi connectivity index (χ3n) is 1.18. The first-order valence-corrected chi connectivity index (χ1v) is 3.41. The van der Waals surface area contributed by atoms with Gasteiger partial charge in [-0.15, -0.1) is 0 Å². The lowest BCUT2D eigenvalue weighted by Gasteiger charge is -1.89. The van der Waals surface area contributed by atoms with Crippen molar-refractivity contribution in [1.82, 2.24) is 9.78 Å². The van der Waals surface area contributed by atoms with E-state index in [9.17, 15) is 4.79 Å². The molecule has 1 heterocycles. The number of carboxylic acids is 1. The standard InChI is InChI=1S/C7H5ClN2O2/c1-10-6(2-3-7(11)12)5(8)4-9-10/h4H,1H3,(H,11,12). The average Bonchev–Trinajstić information content (AvgIpc) is 2.28. The second kappa shape index (κ2) is 3.28. The van der Waals surface area contributed by atoms with Gasteiger partial charge in [0.05, 0.1) is 11.2 Å². The van der Waals surface area contributed by atoms with Crippen molar-refractivity contribution in [2.45, 2.75) is 0 Å². The summed E-state index contributed by atoms with van der Waals surface area (Å²) in [6.45, 7) is 0. The molecule has 1 aromatic rings. The lowest BCUT2D eigenvalue weighted by Crippen LogP contribution is -1.95. The number of rotatable bonds is 0. The molecule has 4 nitrogen and oxygen atoms in total. The number of aryl methyl sites for hydroxylation is 1. The van der Waals surface area contributed by atoms with Gasteiger partial charge in [-0.05, 0) is 5.92 Å². The molecule has 0 saturated carbocycles. The number of nitrogens with zero attached hydrogens (tertiary/aromatic N) is 2. The van der Waals surface area contributed by atoms with Crippen molar-refractivity contribution >= 4 is 17.6 Å². The highest BCUT2D eigenvalue weighted by molar-refractivity contribution is 6.31. The third-order valence-corrected chi connectivity index (χ3v) is 1.46. The summed E-state index contributed by atoms with van der Waals surface area (Å²) in [5.74, 6) is 3.14. The monoisotopic (exact) mass is 184 g/mol. The van der Waals surface area contributed by atoms with Crippen molar-refractivity contribution in [3.63, 3.8) is 0 Å². The van der Waals surface area contributed by atoms with Gasteiger partial charge in [0.2, 0.25) is 0 Å². The van der Waals surface area contributed by atoms with E-state index in [0.29, 0.717) is 10.7 Å². The maximum absolute atomic E-state index is 10.1. The zero-order valence-corrected chi connectivity index (χ0v) is 6.96. The van der Waals surface area contributed by atoms with Gasteiger partial charge < -0.3 is 5.11 Å². The summed E-state index contributed by atoms with van der Waals surface area (Å²) in [6, 6.07) is 0. The van der Waals surface area contributed by atoms with Gasteiger partial charge in [0.15, 0.2) is 0 Å². The molecule has 0 aliphatic heterocycles. The smallest absolute Gasteiger partial charge is 0.382 e. The van der Waals surface area contributed by atoms with Gasteiger partial charge in [0.1, 0.15) is 5.69 Å². The minimum Gasteiger partial charge on any atom is -0.472 e. The maximum atomic E-state index is 10.1. The SMILES string of the molecule is Cn1ncc(Cl)c1C#CC(=O)O. The van der Waals surface area contributed by atoms with Gasteiger partial charge in [-0.25, -0.2) is 4.79 Å². The van der Waals surface area contributed by atoms with Crippen molar-refractivity contribution in [1.29, 1.82) is 0 Å². The van der Waals surface area contributed by atoms with Crippen LogP contribution < -0.4 is 0 Å². The molecule has 0 fully saturated rings. The molecular formula is C7H5ClN2O2. The lowest BCUT2D eigenvalue weighted by atomic mass is 10.4. The van der Waals surface area contributed by atoms with E-state index in [1.165, 1.54) is 10.9 Å². The first-order chi connectivity index (χ1) is 5.61. The van der Waals surface area contributed by atoms with Crippen LogP contribution in [-0.2, 0) is 11.8 Å². The quantitative estimate of drug-likeness (QED) is 0.598. The Hall–Kier alpha value is -1.47. The predicted octanol–water partition coefficient (Wildman–Crippen LogP) is 0.510. The minimum atomic E-state index is -1.19. The average molecular weight is 185 g/mol. The summed E-state index contributed by atoms with van der Waals surface area (Å²) >= 11 is 5.65. The Morgan fingerprint density at radius 1 is 1.83 bits per heavy atom. The van der Waals surface area contributed by atoms with Gasteiger partial charge in [-0.2, -0.15) is 5.10 Å². The van der Waals surface area contributed by atoms with E-state index in [2.05, 4.69) is 11.0 Å². The Labute approximate surface area is 73.8 Å². The largest absolute Gasteiger partial charge is 0.472 e. The van der Waals surface area contributed by atoms with Crippen LogP contribution in [-0.4, -0.2) is 20.9 Å². The molecule has 0 aliphatic carbocycles. The van der Waals surface area contributed by atoms with Crippen LogP contribution in [0.1, 0.15) is 5.69 Å². The number of aromatic nitrogens is 2. The van der Waals surface area contributed by atoms with E-state index >= 15 is 0 Å². The molecule has 0 bridgehead atoms. The summed E-state index contributed by atoms with van der Waals surface area (Å²) < 4.78 is 1.41. The van der Waals surface area contributed by atoms with Gasteiger partial charge >= 0.3 is 5.97 Å². The molecule has 0 unspecified atom stereocenters. The molecule has 1 rings (SSSR count).